The summed E-state index contributed by atoms with van der Waals surface area (Å²) in [5, 5.41) is 0.573. The lowest BCUT2D eigenvalue weighted by atomic mass is 10.2. The van der Waals surface area contributed by atoms with Gasteiger partial charge in [0.05, 0.1) is 10.5 Å². The molecule has 17 heavy (non-hydrogen) atoms. The Morgan fingerprint density at radius 2 is 2.12 bits per heavy atom. The Balaban J connectivity index is 2.26. The minimum absolute atomic E-state index is 0.573. The molecule has 84 valence electrons. The van der Waals surface area contributed by atoms with Crippen molar-refractivity contribution in [2.45, 2.75) is 6.92 Å². The number of hydrogen-bond donors (Lipinski definition) is 1. The van der Waals surface area contributed by atoms with Crippen LogP contribution in [0.25, 0.3) is 22.6 Å². The van der Waals surface area contributed by atoms with Gasteiger partial charge in [0.25, 0.3) is 0 Å². The van der Waals surface area contributed by atoms with Gasteiger partial charge in [-0.1, -0.05) is 11.6 Å². The Hall–Kier alpha value is -1.94. The molecule has 3 rings (SSSR count). The Morgan fingerprint density at radius 3 is 2.88 bits per heavy atom. The van der Waals surface area contributed by atoms with Crippen LogP contribution < -0.4 is 0 Å². The number of hydrogen-bond acceptors (Lipinski definition) is 3. The van der Waals surface area contributed by atoms with Crippen molar-refractivity contribution < 1.29 is 0 Å². The molecule has 0 aromatic carbocycles. The predicted octanol–water partition coefficient (Wildman–Crippen LogP) is 2.98. The molecule has 5 heteroatoms. The van der Waals surface area contributed by atoms with Crippen LogP contribution in [0.2, 0.25) is 5.02 Å². The zero-order valence-corrected chi connectivity index (χ0v) is 9.86. The van der Waals surface area contributed by atoms with Crippen molar-refractivity contribution in [1.82, 2.24) is 19.9 Å². The quantitative estimate of drug-likeness (QED) is 0.716. The highest BCUT2D eigenvalue weighted by Crippen LogP contribution is 2.26. The van der Waals surface area contributed by atoms with Gasteiger partial charge in [-0.3, -0.25) is 4.98 Å². The largest absolute Gasteiger partial charge is 0.336 e. The molecule has 0 aliphatic rings. The molecule has 0 spiro atoms. The van der Waals surface area contributed by atoms with Gasteiger partial charge >= 0.3 is 0 Å². The molecule has 0 saturated carbocycles. The molecule has 0 radical (unpaired) electrons. The standard InChI is InChI=1S/C12H9ClN4/c1-7-2-5-15-12-10(7)16-11(17-12)8-3-4-14-6-9(8)13/h2-6H,1H3,(H,15,16,17). The first-order chi connectivity index (χ1) is 8.25. The van der Waals surface area contributed by atoms with Crippen molar-refractivity contribution in [3.8, 4) is 11.4 Å². The maximum Gasteiger partial charge on any atom is 0.178 e. The van der Waals surface area contributed by atoms with Crippen molar-refractivity contribution in [2.24, 2.45) is 0 Å². The van der Waals surface area contributed by atoms with E-state index in [4.69, 9.17) is 11.6 Å². The van der Waals surface area contributed by atoms with Gasteiger partial charge in [-0.15, -0.1) is 0 Å². The lowest BCUT2D eigenvalue weighted by Gasteiger charge is -1.97. The highest BCUT2D eigenvalue weighted by atomic mass is 35.5. The highest BCUT2D eigenvalue weighted by Gasteiger charge is 2.10. The number of fused-ring (bicyclic) bond motifs is 1. The topological polar surface area (TPSA) is 54.5 Å². The van der Waals surface area contributed by atoms with E-state index in [1.165, 1.54) is 0 Å². The summed E-state index contributed by atoms with van der Waals surface area (Å²) < 4.78 is 0. The molecule has 4 nitrogen and oxygen atoms in total. The molecule has 3 heterocycles. The first kappa shape index (κ1) is 10.2. The average Bonchev–Trinajstić information content (AvgIpc) is 2.75. The number of halogens is 1. The summed E-state index contributed by atoms with van der Waals surface area (Å²) in [4.78, 5) is 15.8. The number of aryl methyl sites for hydroxylation is 1. The summed E-state index contributed by atoms with van der Waals surface area (Å²) in [7, 11) is 0. The average molecular weight is 245 g/mol. The minimum atomic E-state index is 0.573. The van der Waals surface area contributed by atoms with Crippen molar-refractivity contribution in [2.75, 3.05) is 0 Å². The van der Waals surface area contributed by atoms with Crippen LogP contribution in [0.4, 0.5) is 0 Å². The van der Waals surface area contributed by atoms with E-state index in [0.717, 1.165) is 16.6 Å². The van der Waals surface area contributed by atoms with Crippen LogP contribution in [-0.4, -0.2) is 19.9 Å². The molecule has 1 N–H and O–H groups in total. The normalized spacial score (nSPS) is 10.9. The number of nitrogens with zero attached hydrogens (tertiary/aromatic N) is 3. The van der Waals surface area contributed by atoms with E-state index < -0.39 is 0 Å². The van der Waals surface area contributed by atoms with Gasteiger partial charge in [0.1, 0.15) is 5.82 Å². The van der Waals surface area contributed by atoms with E-state index in [9.17, 15) is 0 Å². The van der Waals surface area contributed by atoms with Gasteiger partial charge < -0.3 is 4.98 Å². The number of pyridine rings is 2. The third kappa shape index (κ3) is 1.66. The van der Waals surface area contributed by atoms with E-state index in [0.29, 0.717) is 16.5 Å². The van der Waals surface area contributed by atoms with Gasteiger partial charge in [-0.2, -0.15) is 0 Å². The van der Waals surface area contributed by atoms with Crippen LogP contribution in [0, 0.1) is 6.92 Å². The summed E-state index contributed by atoms with van der Waals surface area (Å²) in [6, 6.07) is 3.77. The molecule has 0 aliphatic carbocycles. The molecule has 3 aromatic heterocycles. The number of H-pyrrole nitrogens is 1. The first-order valence-corrected chi connectivity index (χ1v) is 5.55. The molecule has 0 unspecified atom stereocenters. The number of aromatic nitrogens is 4. The maximum atomic E-state index is 6.08. The van der Waals surface area contributed by atoms with Crippen LogP contribution in [0.15, 0.2) is 30.7 Å². The van der Waals surface area contributed by atoms with Crippen molar-refractivity contribution in [3.05, 3.63) is 41.3 Å². The van der Waals surface area contributed by atoms with Gasteiger partial charge in [0, 0.05) is 24.2 Å². The third-order valence-corrected chi connectivity index (χ3v) is 2.93. The Bertz CT molecular complexity index is 690. The summed E-state index contributed by atoms with van der Waals surface area (Å²) in [5.41, 5.74) is 3.58. The van der Waals surface area contributed by atoms with Crippen molar-refractivity contribution in [1.29, 1.82) is 0 Å². The van der Waals surface area contributed by atoms with E-state index in [-0.39, 0.29) is 0 Å². The fourth-order valence-corrected chi connectivity index (χ4v) is 1.94. The van der Waals surface area contributed by atoms with E-state index >= 15 is 0 Å². The summed E-state index contributed by atoms with van der Waals surface area (Å²) in [6.45, 7) is 2.01. The Kier molecular flexibility index (Phi) is 2.30. The van der Waals surface area contributed by atoms with Gasteiger partial charge in [-0.05, 0) is 24.6 Å². The molecule has 0 aliphatic heterocycles. The van der Waals surface area contributed by atoms with Gasteiger partial charge in [0.15, 0.2) is 5.65 Å². The lowest BCUT2D eigenvalue weighted by Crippen LogP contribution is -1.83. The van der Waals surface area contributed by atoms with Gasteiger partial charge in [-0.25, -0.2) is 9.97 Å². The third-order valence-electron chi connectivity index (χ3n) is 2.63. The number of rotatable bonds is 1. The number of imidazole rings is 1. The van der Waals surface area contributed by atoms with Crippen LogP contribution in [-0.2, 0) is 0 Å². The summed E-state index contributed by atoms with van der Waals surface area (Å²) in [6.07, 6.45) is 5.04. The van der Waals surface area contributed by atoms with Gasteiger partial charge in [0.2, 0.25) is 0 Å². The number of aromatic amines is 1. The fourth-order valence-electron chi connectivity index (χ4n) is 1.73. The molecule has 3 aromatic rings. The molecule has 0 saturated heterocycles. The Labute approximate surface area is 103 Å². The molecule has 0 amide bonds. The zero-order valence-electron chi connectivity index (χ0n) is 9.11. The second-order valence-corrected chi connectivity index (χ2v) is 4.17. The number of nitrogens with one attached hydrogen (secondary N) is 1. The van der Waals surface area contributed by atoms with E-state index in [2.05, 4.69) is 19.9 Å². The minimum Gasteiger partial charge on any atom is -0.336 e. The monoisotopic (exact) mass is 244 g/mol. The van der Waals surface area contributed by atoms with E-state index in [1.54, 1.807) is 18.6 Å². The first-order valence-electron chi connectivity index (χ1n) is 5.17. The summed E-state index contributed by atoms with van der Waals surface area (Å²) in [5.74, 6) is 0.717. The molecular weight excluding hydrogens is 236 g/mol. The van der Waals surface area contributed by atoms with Crippen LogP contribution in [0.5, 0.6) is 0 Å². The highest BCUT2D eigenvalue weighted by molar-refractivity contribution is 6.33. The molecule has 0 bridgehead atoms. The lowest BCUT2D eigenvalue weighted by molar-refractivity contribution is 1.27. The van der Waals surface area contributed by atoms with Crippen LogP contribution >= 0.6 is 11.6 Å². The molecule has 0 atom stereocenters. The van der Waals surface area contributed by atoms with Crippen LogP contribution in [0.1, 0.15) is 5.56 Å². The Morgan fingerprint density at radius 1 is 1.24 bits per heavy atom. The fraction of sp³-hybridized carbons (Fsp3) is 0.0833. The van der Waals surface area contributed by atoms with Crippen molar-refractivity contribution in [3.63, 3.8) is 0 Å². The maximum absolute atomic E-state index is 6.08. The zero-order chi connectivity index (χ0) is 11.8. The SMILES string of the molecule is Cc1ccnc2nc(-c3ccncc3Cl)[nH]c12. The van der Waals surface area contributed by atoms with Crippen LogP contribution in [0.3, 0.4) is 0 Å². The molecular formula is C12H9ClN4. The second kappa shape index (κ2) is 3.82. The van der Waals surface area contributed by atoms with Crippen molar-refractivity contribution >= 4 is 22.8 Å². The second-order valence-electron chi connectivity index (χ2n) is 3.77. The predicted molar refractivity (Wildman–Crippen MR) is 66.9 cm³/mol. The van der Waals surface area contributed by atoms with E-state index in [1.807, 2.05) is 19.1 Å². The summed E-state index contributed by atoms with van der Waals surface area (Å²) >= 11 is 6.08. The smallest absolute Gasteiger partial charge is 0.178 e. The molecule has 0 fully saturated rings.